The highest BCUT2D eigenvalue weighted by atomic mass is 35.5. The van der Waals surface area contributed by atoms with Crippen LogP contribution in [0.1, 0.15) is 22.8 Å². The van der Waals surface area contributed by atoms with Crippen molar-refractivity contribution in [2.24, 2.45) is 0 Å². The standard InChI is InChI=1S/C27H19ClN2O3S/c28-19-12-10-18(11-13-19)27-16-22(17-6-2-1-3-7-17)34-21-9-5-4-8-20(21)30(27)26(33)25(27)29-23(31)14-15-24(29)32/h1-15,22,25H,16H2/t22-,25-,27-/m1/s1. The molecule has 0 radical (unpaired) electrons. The quantitative estimate of drug-likeness (QED) is 0.381. The molecule has 3 aliphatic rings. The van der Waals surface area contributed by atoms with E-state index in [0.717, 1.165) is 26.6 Å². The van der Waals surface area contributed by atoms with Crippen LogP contribution in [0.4, 0.5) is 5.69 Å². The summed E-state index contributed by atoms with van der Waals surface area (Å²) in [6.45, 7) is 0. The maximum Gasteiger partial charge on any atom is 0.254 e. The Kier molecular flexibility index (Phi) is 4.90. The minimum absolute atomic E-state index is 0.0144. The van der Waals surface area contributed by atoms with Crippen LogP contribution in [0.3, 0.4) is 0 Å². The van der Waals surface area contributed by atoms with Gasteiger partial charge < -0.3 is 0 Å². The van der Waals surface area contributed by atoms with Gasteiger partial charge in [-0.3, -0.25) is 24.2 Å². The lowest BCUT2D eigenvalue weighted by Crippen LogP contribution is -2.78. The van der Waals surface area contributed by atoms with E-state index in [2.05, 4.69) is 12.1 Å². The highest BCUT2D eigenvalue weighted by Crippen LogP contribution is 2.60. The van der Waals surface area contributed by atoms with Gasteiger partial charge in [0.2, 0.25) is 0 Å². The summed E-state index contributed by atoms with van der Waals surface area (Å²) in [5.74, 6) is -1.18. The Morgan fingerprint density at radius 1 is 0.824 bits per heavy atom. The maximum atomic E-state index is 13.8. The molecular weight excluding hydrogens is 468 g/mol. The molecule has 0 spiro atoms. The Labute approximate surface area is 206 Å². The third kappa shape index (κ3) is 2.99. The molecule has 5 nitrogen and oxygen atoms in total. The number of nitrogens with zero attached hydrogens (tertiary/aromatic N) is 2. The molecule has 3 amide bonds. The van der Waals surface area contributed by atoms with E-state index in [4.69, 9.17) is 11.6 Å². The van der Waals surface area contributed by atoms with E-state index >= 15 is 0 Å². The van der Waals surface area contributed by atoms with E-state index in [0.29, 0.717) is 11.4 Å². The fourth-order valence-corrected chi connectivity index (χ4v) is 6.82. The van der Waals surface area contributed by atoms with Gasteiger partial charge in [-0.05, 0) is 41.8 Å². The third-order valence-corrected chi connectivity index (χ3v) is 8.37. The summed E-state index contributed by atoms with van der Waals surface area (Å²) in [6, 6.07) is 24.4. The van der Waals surface area contributed by atoms with Gasteiger partial charge in [-0.1, -0.05) is 66.2 Å². The Balaban J connectivity index is 1.60. The van der Waals surface area contributed by atoms with Crippen LogP contribution in [0.25, 0.3) is 0 Å². The number of carbonyl (C=O) groups is 3. The molecule has 168 valence electrons. The van der Waals surface area contributed by atoms with Crippen LogP contribution >= 0.6 is 23.4 Å². The molecule has 7 heteroatoms. The summed E-state index contributed by atoms with van der Waals surface area (Å²) in [4.78, 5) is 43.2. The monoisotopic (exact) mass is 486 g/mol. The van der Waals surface area contributed by atoms with Crippen LogP contribution in [0, 0.1) is 0 Å². The number of benzene rings is 3. The molecule has 3 atom stereocenters. The number of hydrogen-bond acceptors (Lipinski definition) is 4. The lowest BCUT2D eigenvalue weighted by molar-refractivity contribution is -0.154. The maximum absolute atomic E-state index is 13.8. The molecule has 3 aromatic carbocycles. The molecule has 0 saturated carbocycles. The predicted octanol–water partition coefficient (Wildman–Crippen LogP) is 5.11. The van der Waals surface area contributed by atoms with Crippen LogP contribution in [0.15, 0.2) is 95.9 Å². The molecular formula is C27H19ClN2O3S. The van der Waals surface area contributed by atoms with Crippen molar-refractivity contribution in [3.05, 3.63) is 107 Å². The molecule has 0 aliphatic carbocycles. The molecule has 1 saturated heterocycles. The van der Waals surface area contributed by atoms with E-state index in [-0.39, 0.29) is 11.2 Å². The van der Waals surface area contributed by atoms with E-state index in [1.807, 2.05) is 54.6 Å². The number of imide groups is 1. The lowest BCUT2D eigenvalue weighted by atomic mass is 9.68. The summed E-state index contributed by atoms with van der Waals surface area (Å²) >= 11 is 7.91. The highest BCUT2D eigenvalue weighted by molar-refractivity contribution is 7.99. The number of amides is 3. The third-order valence-electron chi connectivity index (χ3n) is 6.79. The molecule has 0 unspecified atom stereocenters. The summed E-state index contributed by atoms with van der Waals surface area (Å²) in [7, 11) is 0. The number of rotatable bonds is 3. The highest BCUT2D eigenvalue weighted by Gasteiger charge is 2.67. The molecule has 6 rings (SSSR count). The van der Waals surface area contributed by atoms with E-state index in [1.54, 1.807) is 28.8 Å². The topological polar surface area (TPSA) is 57.7 Å². The van der Waals surface area contributed by atoms with Crippen LogP contribution in [0.2, 0.25) is 5.02 Å². The Bertz CT molecular complexity index is 1340. The Morgan fingerprint density at radius 3 is 2.18 bits per heavy atom. The van der Waals surface area contributed by atoms with Crippen LogP contribution in [-0.2, 0) is 19.9 Å². The number of anilines is 1. The largest absolute Gasteiger partial charge is 0.296 e. The molecule has 0 aromatic heterocycles. The smallest absolute Gasteiger partial charge is 0.254 e. The second-order valence-electron chi connectivity index (χ2n) is 8.58. The molecule has 34 heavy (non-hydrogen) atoms. The van der Waals surface area contributed by atoms with Gasteiger partial charge in [0.25, 0.3) is 17.7 Å². The number of halogens is 1. The van der Waals surface area contributed by atoms with Crippen molar-refractivity contribution in [2.45, 2.75) is 28.1 Å². The van der Waals surface area contributed by atoms with E-state index in [9.17, 15) is 14.4 Å². The van der Waals surface area contributed by atoms with Crippen LogP contribution < -0.4 is 4.90 Å². The van der Waals surface area contributed by atoms with Crippen molar-refractivity contribution in [3.8, 4) is 0 Å². The van der Waals surface area contributed by atoms with Crippen molar-refractivity contribution >= 4 is 46.8 Å². The summed E-state index contributed by atoms with van der Waals surface area (Å²) in [5.41, 5.74) is 1.81. The van der Waals surface area contributed by atoms with Crippen LogP contribution in [-0.4, -0.2) is 28.7 Å². The number of carbonyl (C=O) groups excluding carboxylic acids is 3. The number of β-lactam (4-membered cyclic amide) rings is 1. The molecule has 0 bridgehead atoms. The first-order chi connectivity index (χ1) is 16.5. The SMILES string of the molecule is O=C1C=CC(=O)N1[C@@H]1C(=O)N2c3ccccc3S[C@@H](c3ccccc3)C[C@@]12c1ccc(Cl)cc1. The van der Waals surface area contributed by atoms with Crippen LogP contribution in [0.5, 0.6) is 0 Å². The summed E-state index contributed by atoms with van der Waals surface area (Å²) in [6.07, 6.45) is 3.00. The predicted molar refractivity (Wildman–Crippen MR) is 131 cm³/mol. The minimum Gasteiger partial charge on any atom is -0.296 e. The second kappa shape index (κ2) is 7.86. The Hall–Kier alpha value is -3.35. The molecule has 1 fully saturated rings. The first-order valence-electron chi connectivity index (χ1n) is 11.0. The fraction of sp³-hybridized carbons (Fsp3) is 0.148. The molecule has 0 N–H and O–H groups in total. The van der Waals surface area contributed by atoms with E-state index < -0.39 is 23.4 Å². The van der Waals surface area contributed by atoms with Crippen molar-refractivity contribution < 1.29 is 14.4 Å². The average molecular weight is 487 g/mol. The first kappa shape index (κ1) is 21.2. The van der Waals surface area contributed by atoms with Gasteiger partial charge in [-0.25, -0.2) is 0 Å². The van der Waals surface area contributed by atoms with Crippen molar-refractivity contribution in [1.82, 2.24) is 4.90 Å². The number of hydrogen-bond donors (Lipinski definition) is 0. The van der Waals surface area contributed by atoms with Gasteiger partial charge >= 0.3 is 0 Å². The normalized spacial score (nSPS) is 25.6. The van der Waals surface area contributed by atoms with Gasteiger partial charge in [-0.15, -0.1) is 11.8 Å². The van der Waals surface area contributed by atoms with Gasteiger partial charge in [0.1, 0.15) is 11.6 Å². The van der Waals surface area contributed by atoms with Crippen molar-refractivity contribution in [1.29, 1.82) is 0 Å². The first-order valence-corrected chi connectivity index (χ1v) is 12.2. The van der Waals surface area contributed by atoms with Crippen molar-refractivity contribution in [2.75, 3.05) is 4.90 Å². The zero-order chi connectivity index (χ0) is 23.4. The molecule has 3 aliphatic heterocycles. The zero-order valence-electron chi connectivity index (χ0n) is 17.9. The zero-order valence-corrected chi connectivity index (χ0v) is 19.5. The fourth-order valence-electron chi connectivity index (χ4n) is 5.32. The van der Waals surface area contributed by atoms with Gasteiger partial charge in [-0.2, -0.15) is 0 Å². The number of thioether (sulfide) groups is 1. The van der Waals surface area contributed by atoms with Gasteiger partial charge in [0.05, 0.1) is 5.69 Å². The molecule has 3 aromatic rings. The summed E-state index contributed by atoms with van der Waals surface area (Å²) in [5, 5.41) is 0.561. The van der Waals surface area contributed by atoms with Gasteiger partial charge in [0.15, 0.2) is 0 Å². The minimum atomic E-state index is -0.943. The number of fused-ring (bicyclic) bond motifs is 3. The lowest BCUT2D eigenvalue weighted by Gasteiger charge is -2.59. The Morgan fingerprint density at radius 2 is 1.47 bits per heavy atom. The average Bonchev–Trinajstić information content (AvgIpc) is 3.10. The summed E-state index contributed by atoms with van der Waals surface area (Å²) < 4.78 is 0. The van der Waals surface area contributed by atoms with Gasteiger partial charge in [0, 0.05) is 27.3 Å². The van der Waals surface area contributed by atoms with E-state index in [1.165, 1.54) is 12.2 Å². The van der Waals surface area contributed by atoms with Crippen molar-refractivity contribution in [3.63, 3.8) is 0 Å². The molecule has 3 heterocycles. The number of para-hydroxylation sites is 1. The second-order valence-corrected chi connectivity index (χ2v) is 10.3.